The highest BCUT2D eigenvalue weighted by Gasteiger charge is 2.45. The number of nitrogens with two attached hydrogens (primary N) is 2. The van der Waals surface area contributed by atoms with Crippen molar-refractivity contribution in [3.63, 3.8) is 0 Å². The van der Waals surface area contributed by atoms with Gasteiger partial charge in [-0.3, -0.25) is 28.8 Å². The maximum Gasteiger partial charge on any atom is 0.407 e. The number of nitrogens with one attached hydrogen (secondary N) is 6. The quantitative estimate of drug-likeness (QED) is 0.0504. The Bertz CT molecular complexity index is 3170. The molecule has 7 amide bonds. The van der Waals surface area contributed by atoms with Crippen LogP contribution in [-0.4, -0.2) is 129 Å². The second-order valence-corrected chi connectivity index (χ2v) is 20.6. The first-order valence-corrected chi connectivity index (χ1v) is 28.0. The van der Waals surface area contributed by atoms with Crippen molar-refractivity contribution in [2.24, 2.45) is 11.5 Å². The summed E-state index contributed by atoms with van der Waals surface area (Å²) >= 11 is 0. The Kier molecular flexibility index (Phi) is 21.5. The smallest absolute Gasteiger partial charge is 0.407 e. The summed E-state index contributed by atoms with van der Waals surface area (Å²) in [5.41, 5.74) is 15.0. The summed E-state index contributed by atoms with van der Waals surface area (Å²) in [5, 5.41) is 18.6. The zero-order valence-electron chi connectivity index (χ0n) is 46.7. The van der Waals surface area contributed by atoms with E-state index in [0.29, 0.717) is 70.9 Å². The Morgan fingerprint density at radius 2 is 1.08 bits per heavy atom. The van der Waals surface area contributed by atoms with E-state index in [-0.39, 0.29) is 58.2 Å². The van der Waals surface area contributed by atoms with Crippen LogP contribution in [-0.2, 0) is 65.8 Å². The highest BCUT2D eigenvalue weighted by molar-refractivity contribution is 5.99. The van der Waals surface area contributed by atoms with Crippen molar-refractivity contribution in [3.05, 3.63) is 173 Å². The Hall–Kier alpha value is -9.01. The van der Waals surface area contributed by atoms with Gasteiger partial charge in [0.1, 0.15) is 66.2 Å². The first-order chi connectivity index (χ1) is 40.3. The number of alkyl carbamates (subject to hydrolysis) is 1. The maximum absolute atomic E-state index is 15.4. The first kappa shape index (κ1) is 60.1. The van der Waals surface area contributed by atoms with Gasteiger partial charge in [0.05, 0.1) is 20.8 Å². The number of carbonyl (C=O) groups excluding carboxylic acids is 7. The van der Waals surface area contributed by atoms with Gasteiger partial charge in [0, 0.05) is 50.6 Å². The van der Waals surface area contributed by atoms with Crippen molar-refractivity contribution in [3.8, 4) is 17.2 Å². The fourth-order valence-electron chi connectivity index (χ4n) is 10.4. The minimum atomic E-state index is -1.42. The van der Waals surface area contributed by atoms with Crippen LogP contribution in [0, 0.1) is 0 Å². The number of amides is 7. The fraction of sp³-hybridized carbons (Fsp3) is 0.349. The largest absolute Gasteiger partial charge is 0.496 e. The van der Waals surface area contributed by atoms with Crippen molar-refractivity contribution in [2.45, 2.75) is 100 Å². The first-order valence-electron chi connectivity index (χ1n) is 28.0. The van der Waals surface area contributed by atoms with Gasteiger partial charge >= 0.3 is 6.09 Å². The molecule has 2 aliphatic heterocycles. The predicted molar refractivity (Wildman–Crippen MR) is 312 cm³/mol. The summed E-state index contributed by atoms with van der Waals surface area (Å²) < 4.78 is 23.4. The number of rotatable bonds is 20. The van der Waals surface area contributed by atoms with Crippen molar-refractivity contribution in [1.82, 2.24) is 36.8 Å². The van der Waals surface area contributed by atoms with Crippen LogP contribution >= 0.6 is 0 Å². The average molecular weight is 1130 g/mol. The van der Waals surface area contributed by atoms with Crippen LogP contribution in [0.5, 0.6) is 17.2 Å². The van der Waals surface area contributed by atoms with E-state index >= 15 is 28.8 Å². The van der Waals surface area contributed by atoms with Gasteiger partial charge in [0.25, 0.3) is 0 Å². The van der Waals surface area contributed by atoms with Gasteiger partial charge in [-0.2, -0.15) is 0 Å². The summed E-state index contributed by atoms with van der Waals surface area (Å²) in [5.74, 6) is -2.94. The molecule has 20 nitrogen and oxygen atoms in total. The molecular formula is C63H73N9O11. The number of unbranched alkanes of at least 4 members (excludes halogenated alkanes) is 1. The molecule has 6 aromatic rings. The molecule has 0 saturated carbocycles. The molecule has 7 atom stereocenters. The van der Waals surface area contributed by atoms with Gasteiger partial charge in [-0.25, -0.2) is 4.79 Å². The van der Waals surface area contributed by atoms with Gasteiger partial charge in [-0.05, 0) is 89.3 Å². The fourth-order valence-corrected chi connectivity index (χ4v) is 10.4. The van der Waals surface area contributed by atoms with Gasteiger partial charge < -0.3 is 67.2 Å². The molecule has 10 N–H and O–H groups in total. The molecule has 8 rings (SSSR count). The van der Waals surface area contributed by atoms with E-state index in [4.69, 9.17) is 30.4 Å². The molecule has 0 aromatic heterocycles. The van der Waals surface area contributed by atoms with Crippen LogP contribution in [0.4, 0.5) is 4.79 Å². The molecule has 0 radical (unpaired) electrons. The van der Waals surface area contributed by atoms with E-state index in [2.05, 4.69) is 31.9 Å². The second-order valence-electron chi connectivity index (χ2n) is 20.6. The molecule has 2 heterocycles. The zero-order valence-corrected chi connectivity index (χ0v) is 46.7. The van der Waals surface area contributed by atoms with Crippen LogP contribution in [0.2, 0.25) is 0 Å². The number of hydrogen-bond acceptors (Lipinski definition) is 13. The minimum absolute atomic E-state index is 0.0557. The summed E-state index contributed by atoms with van der Waals surface area (Å²) in [4.78, 5) is 105. The van der Waals surface area contributed by atoms with E-state index in [1.165, 1.54) is 12.0 Å². The van der Waals surface area contributed by atoms with E-state index in [0.717, 1.165) is 10.9 Å². The molecule has 6 aromatic carbocycles. The summed E-state index contributed by atoms with van der Waals surface area (Å²) in [6.45, 7) is 0.554. The number of ether oxygens (including phenoxy) is 4. The van der Waals surface area contributed by atoms with Crippen molar-refractivity contribution < 1.29 is 52.5 Å². The van der Waals surface area contributed by atoms with Crippen molar-refractivity contribution >= 4 is 52.3 Å². The van der Waals surface area contributed by atoms with E-state index < -0.39 is 83.9 Å². The third-order valence-corrected chi connectivity index (χ3v) is 14.7. The molecule has 2 aliphatic rings. The second kappa shape index (κ2) is 29.6. The number of carbonyl (C=O) groups is 7. The lowest BCUT2D eigenvalue weighted by Crippen LogP contribution is -2.62. The Balaban J connectivity index is 1.22. The van der Waals surface area contributed by atoms with Gasteiger partial charge in [0.15, 0.2) is 0 Å². The number of benzene rings is 6. The van der Waals surface area contributed by atoms with E-state index in [9.17, 15) is 4.79 Å². The lowest BCUT2D eigenvalue weighted by atomic mass is 9.97. The van der Waals surface area contributed by atoms with Gasteiger partial charge in [0.2, 0.25) is 35.4 Å². The lowest BCUT2D eigenvalue weighted by Gasteiger charge is -2.32. The predicted octanol–water partition coefficient (Wildman–Crippen LogP) is 3.93. The van der Waals surface area contributed by atoms with Gasteiger partial charge in [-0.15, -0.1) is 0 Å². The van der Waals surface area contributed by atoms with Crippen LogP contribution in [0.1, 0.15) is 53.5 Å². The zero-order chi connectivity index (χ0) is 58.7. The molecule has 1 unspecified atom stereocenters. The highest BCUT2D eigenvalue weighted by atomic mass is 16.6. The van der Waals surface area contributed by atoms with Crippen LogP contribution < -0.4 is 57.6 Å². The molecule has 2 saturated heterocycles. The Labute approximate surface area is 482 Å². The maximum atomic E-state index is 15.4. The number of methoxy groups -OCH3 is 2. The topological polar surface area (TPSA) is 284 Å². The summed E-state index contributed by atoms with van der Waals surface area (Å²) in [6.07, 6.45) is -1.45. The van der Waals surface area contributed by atoms with Crippen LogP contribution in [0.25, 0.3) is 10.8 Å². The third-order valence-electron chi connectivity index (χ3n) is 14.7. The van der Waals surface area contributed by atoms with E-state index in [1.807, 2.05) is 48.5 Å². The third kappa shape index (κ3) is 16.6. The van der Waals surface area contributed by atoms with Crippen molar-refractivity contribution in [1.29, 1.82) is 0 Å². The SMILES string of the molecule is COc1cc2cccc(OC)c2cc1CC1NC(=O)[C@H](Cc2ccccc2)NC(=O)[C@@H]2C[C@@H](OC(=O)NCCN)CN2C(=O)[C@H](Cc2ccccc2)NC(=O)[C@H](Cc2ccc(OCc3ccccc3)cc2)NC(=O)[C@H](CCCCN)NC1=O. The summed E-state index contributed by atoms with van der Waals surface area (Å²) in [6, 6.07) is 35.6. The lowest BCUT2D eigenvalue weighted by molar-refractivity contribution is -0.143. The molecular weight excluding hydrogens is 1060 g/mol. The molecule has 2 fully saturated rings. The normalized spacial score (nSPS) is 20.8. The number of fused-ring (bicyclic) bond motifs is 2. The number of hydrogen-bond donors (Lipinski definition) is 8. The minimum Gasteiger partial charge on any atom is -0.496 e. The van der Waals surface area contributed by atoms with Gasteiger partial charge in [-0.1, -0.05) is 115 Å². The standard InChI is InChI=1S/C63H73N9O11/c1-80-55-23-14-21-44-36-56(81-2)45(34-48(44)55)35-52-60(76)67-49(22-12-13-28-64)57(73)68-50(32-42-24-26-46(27-25-42)82-39-43-19-10-5-11-20-43)59(75)71-53(33-41-17-8-4-9-18-41)62(78)72-38-47(83-63(79)66-30-29-65)37-54(72)61(77)70-51(58(74)69-52)31-40-15-6-3-7-16-40/h3-11,14-21,23-27,34,36,47,49-54H,12-13,22,28-33,35,37-39,64-65H2,1-2H3,(H,66,79)(H,67,76)(H,68,73)(H,69,74)(H,70,77)(H,71,75)/t47-,49+,50+,51+,52?,53+,54+/m1/s1. The van der Waals surface area contributed by atoms with E-state index in [1.54, 1.807) is 104 Å². The Morgan fingerprint density at radius 3 is 1.67 bits per heavy atom. The number of nitrogens with zero attached hydrogens (tertiary/aromatic N) is 1. The van der Waals surface area contributed by atoms with Crippen molar-refractivity contribution in [2.75, 3.05) is 40.4 Å². The molecule has 0 aliphatic carbocycles. The molecule has 0 spiro atoms. The molecule has 436 valence electrons. The van der Waals surface area contributed by atoms with Crippen LogP contribution in [0.15, 0.2) is 146 Å². The molecule has 83 heavy (non-hydrogen) atoms. The average Bonchev–Trinajstić information content (AvgIpc) is 4.22. The Morgan fingerprint density at radius 1 is 0.554 bits per heavy atom. The summed E-state index contributed by atoms with van der Waals surface area (Å²) in [7, 11) is 3.03. The molecule has 0 bridgehead atoms. The highest BCUT2D eigenvalue weighted by Crippen LogP contribution is 2.33. The molecule has 20 heteroatoms. The van der Waals surface area contributed by atoms with Crippen LogP contribution in [0.3, 0.4) is 0 Å². The monoisotopic (exact) mass is 1130 g/mol.